The molecule has 0 aliphatic heterocycles. The second kappa shape index (κ2) is 16.2. The van der Waals surface area contributed by atoms with Crippen LogP contribution in [0.3, 0.4) is 0 Å². The van der Waals surface area contributed by atoms with Gasteiger partial charge in [0.2, 0.25) is 11.8 Å². The van der Waals surface area contributed by atoms with Gasteiger partial charge in [0.05, 0.1) is 10.6 Å². The minimum absolute atomic E-state index is 0.00494. The fourth-order valence-corrected chi connectivity index (χ4v) is 7.98. The SMILES string of the molecule is Cc1cccc(N(CC(=O)N(Cc2ccc(Cl)cc2Cl)[C@H](Cc2ccccc2)C(=O)NC2CCCCC2)S(=O)(=O)c2ccc(Cl)cc2)c1. The van der Waals surface area contributed by atoms with Crippen molar-refractivity contribution in [1.29, 1.82) is 0 Å². The van der Waals surface area contributed by atoms with E-state index in [9.17, 15) is 18.0 Å². The highest BCUT2D eigenvalue weighted by Gasteiger charge is 2.35. The number of benzene rings is 4. The molecule has 1 aliphatic carbocycles. The number of nitrogens with one attached hydrogen (secondary N) is 1. The largest absolute Gasteiger partial charge is 0.352 e. The average Bonchev–Trinajstić information content (AvgIpc) is 3.07. The first-order chi connectivity index (χ1) is 23.0. The highest BCUT2D eigenvalue weighted by atomic mass is 35.5. The molecule has 252 valence electrons. The minimum atomic E-state index is -4.25. The Kier molecular flexibility index (Phi) is 12.1. The Labute approximate surface area is 297 Å². The number of halogens is 3. The molecule has 1 fully saturated rings. The van der Waals surface area contributed by atoms with E-state index in [1.165, 1.54) is 29.2 Å². The Morgan fingerprint density at radius 3 is 2.19 bits per heavy atom. The lowest BCUT2D eigenvalue weighted by atomic mass is 9.94. The van der Waals surface area contributed by atoms with E-state index in [2.05, 4.69) is 5.32 Å². The molecule has 0 heterocycles. The van der Waals surface area contributed by atoms with Crippen molar-refractivity contribution in [3.8, 4) is 0 Å². The van der Waals surface area contributed by atoms with Crippen LogP contribution < -0.4 is 9.62 Å². The number of carbonyl (C=O) groups excluding carboxylic acids is 2. The third kappa shape index (κ3) is 9.11. The molecule has 7 nitrogen and oxygen atoms in total. The number of carbonyl (C=O) groups is 2. The van der Waals surface area contributed by atoms with Crippen molar-refractivity contribution >= 4 is 62.3 Å². The molecular weight excluding hydrogens is 689 g/mol. The maximum Gasteiger partial charge on any atom is 0.264 e. The van der Waals surface area contributed by atoms with Crippen molar-refractivity contribution < 1.29 is 18.0 Å². The normalized spacial score (nSPS) is 14.2. The Bertz CT molecular complexity index is 1830. The molecule has 4 aromatic carbocycles. The topological polar surface area (TPSA) is 86.8 Å². The highest BCUT2D eigenvalue weighted by molar-refractivity contribution is 7.92. The molecule has 11 heteroatoms. The zero-order chi connectivity index (χ0) is 34.3. The molecule has 0 saturated heterocycles. The zero-order valence-electron chi connectivity index (χ0n) is 26.6. The molecule has 0 radical (unpaired) electrons. The first-order valence-corrected chi connectivity index (χ1v) is 18.5. The first kappa shape index (κ1) is 35.7. The Morgan fingerprint density at radius 1 is 0.833 bits per heavy atom. The van der Waals surface area contributed by atoms with Crippen molar-refractivity contribution in [2.24, 2.45) is 0 Å². The van der Waals surface area contributed by atoms with Gasteiger partial charge in [0.1, 0.15) is 12.6 Å². The zero-order valence-corrected chi connectivity index (χ0v) is 29.7. The lowest BCUT2D eigenvalue weighted by molar-refractivity contribution is -0.140. The van der Waals surface area contributed by atoms with Gasteiger partial charge in [-0.2, -0.15) is 0 Å². The van der Waals surface area contributed by atoms with Crippen LogP contribution in [0.2, 0.25) is 15.1 Å². The van der Waals surface area contributed by atoms with Crippen molar-refractivity contribution in [1.82, 2.24) is 10.2 Å². The maximum absolute atomic E-state index is 14.7. The quantitative estimate of drug-likeness (QED) is 0.159. The van der Waals surface area contributed by atoms with Crippen LogP contribution in [0.4, 0.5) is 5.69 Å². The molecule has 1 saturated carbocycles. The van der Waals surface area contributed by atoms with Crippen LogP contribution in [-0.4, -0.2) is 43.8 Å². The molecular formula is C37H38Cl3N3O4S. The van der Waals surface area contributed by atoms with E-state index in [-0.39, 0.29) is 29.8 Å². The third-order valence-electron chi connectivity index (χ3n) is 8.55. The monoisotopic (exact) mass is 725 g/mol. The number of hydrogen-bond donors (Lipinski definition) is 1. The highest BCUT2D eigenvalue weighted by Crippen LogP contribution is 2.28. The number of anilines is 1. The Morgan fingerprint density at radius 2 is 1.52 bits per heavy atom. The van der Waals surface area contributed by atoms with Gasteiger partial charge in [-0.05, 0) is 85.0 Å². The summed E-state index contributed by atoms with van der Waals surface area (Å²) in [4.78, 5) is 30.4. The van der Waals surface area contributed by atoms with Crippen molar-refractivity contribution in [3.05, 3.63) is 129 Å². The summed E-state index contributed by atoms with van der Waals surface area (Å²) < 4.78 is 29.5. The molecule has 0 bridgehead atoms. The van der Waals surface area contributed by atoms with Gasteiger partial charge < -0.3 is 10.2 Å². The predicted molar refractivity (Wildman–Crippen MR) is 193 cm³/mol. The second-order valence-electron chi connectivity index (χ2n) is 12.1. The van der Waals surface area contributed by atoms with Gasteiger partial charge in [-0.15, -0.1) is 0 Å². The molecule has 2 amide bonds. The molecule has 5 rings (SSSR count). The summed E-state index contributed by atoms with van der Waals surface area (Å²) in [5, 5.41) is 4.34. The molecule has 1 aliphatic rings. The van der Waals surface area contributed by atoms with Crippen LogP contribution in [0.25, 0.3) is 0 Å². The fourth-order valence-electron chi connectivity index (χ4n) is 5.98. The number of amides is 2. The third-order valence-corrected chi connectivity index (χ3v) is 11.2. The molecule has 1 atom stereocenters. The van der Waals surface area contributed by atoms with Gasteiger partial charge in [0.25, 0.3) is 10.0 Å². The maximum atomic E-state index is 14.7. The van der Waals surface area contributed by atoms with Crippen molar-refractivity contribution in [3.63, 3.8) is 0 Å². The molecule has 0 spiro atoms. The molecule has 4 aromatic rings. The molecule has 0 unspecified atom stereocenters. The summed E-state index contributed by atoms with van der Waals surface area (Å²) in [5.74, 6) is -0.869. The van der Waals surface area contributed by atoms with E-state index in [1.807, 2.05) is 43.3 Å². The smallest absolute Gasteiger partial charge is 0.264 e. The van der Waals surface area contributed by atoms with Gasteiger partial charge in [-0.3, -0.25) is 13.9 Å². The van der Waals surface area contributed by atoms with Crippen LogP contribution in [-0.2, 0) is 32.6 Å². The summed E-state index contributed by atoms with van der Waals surface area (Å²) in [7, 11) is -4.25. The predicted octanol–water partition coefficient (Wildman–Crippen LogP) is 8.24. The first-order valence-electron chi connectivity index (χ1n) is 15.9. The minimum Gasteiger partial charge on any atom is -0.352 e. The van der Waals surface area contributed by atoms with E-state index in [1.54, 1.807) is 36.4 Å². The summed E-state index contributed by atoms with van der Waals surface area (Å²) in [6, 6.07) is 26.2. The molecule has 0 aromatic heterocycles. The van der Waals surface area contributed by atoms with E-state index >= 15 is 0 Å². The van der Waals surface area contributed by atoms with E-state index in [4.69, 9.17) is 34.8 Å². The van der Waals surface area contributed by atoms with Crippen LogP contribution in [0.15, 0.2) is 102 Å². The molecule has 1 N–H and O–H groups in total. The average molecular weight is 727 g/mol. The van der Waals surface area contributed by atoms with Gasteiger partial charge in [0, 0.05) is 34.1 Å². The van der Waals surface area contributed by atoms with E-state index in [0.717, 1.165) is 47.5 Å². The second-order valence-corrected chi connectivity index (χ2v) is 15.3. The van der Waals surface area contributed by atoms with E-state index < -0.39 is 28.5 Å². The Balaban J connectivity index is 1.58. The number of nitrogens with zero attached hydrogens (tertiary/aromatic N) is 2. The van der Waals surface area contributed by atoms with Gasteiger partial charge in [-0.1, -0.05) is 103 Å². The van der Waals surface area contributed by atoms with Gasteiger partial charge in [-0.25, -0.2) is 8.42 Å². The summed E-state index contributed by atoms with van der Waals surface area (Å²) in [5.41, 5.74) is 2.55. The lowest BCUT2D eigenvalue weighted by Crippen LogP contribution is -2.55. The molecule has 48 heavy (non-hydrogen) atoms. The standard InChI is InChI=1S/C37H38Cl3N3O4S/c1-26-9-8-14-32(21-26)43(48(46,47)33-19-17-29(38)18-20-33)25-36(44)42(24-28-15-16-30(39)23-34(28)40)35(22-27-10-4-2-5-11-27)37(45)41-31-12-6-3-7-13-31/h2,4-5,8-11,14-21,23,31,35H,3,6-7,12-13,22,24-25H2,1H3,(H,41,45)/t35-/m1/s1. The van der Waals surface area contributed by atoms with Crippen molar-refractivity contribution in [2.45, 2.75) is 69.0 Å². The summed E-state index contributed by atoms with van der Waals surface area (Å²) in [6.07, 6.45) is 5.10. The number of hydrogen-bond acceptors (Lipinski definition) is 4. The van der Waals surface area contributed by atoms with Gasteiger partial charge >= 0.3 is 0 Å². The summed E-state index contributed by atoms with van der Waals surface area (Å²) >= 11 is 18.9. The lowest BCUT2D eigenvalue weighted by Gasteiger charge is -2.35. The Hall–Kier alpha value is -3.56. The van der Waals surface area contributed by atoms with Crippen LogP contribution in [0.1, 0.15) is 48.8 Å². The van der Waals surface area contributed by atoms with Crippen LogP contribution in [0, 0.1) is 6.92 Å². The summed E-state index contributed by atoms with van der Waals surface area (Å²) in [6.45, 7) is 1.23. The van der Waals surface area contributed by atoms with Gasteiger partial charge in [0.15, 0.2) is 0 Å². The van der Waals surface area contributed by atoms with Crippen LogP contribution in [0.5, 0.6) is 0 Å². The van der Waals surface area contributed by atoms with E-state index in [0.29, 0.717) is 26.3 Å². The van der Waals surface area contributed by atoms with Crippen molar-refractivity contribution in [2.75, 3.05) is 10.8 Å². The number of rotatable bonds is 12. The fraction of sp³-hybridized carbons (Fsp3) is 0.297. The number of sulfonamides is 1. The number of aryl methyl sites for hydroxylation is 1. The van der Waals surface area contributed by atoms with Crippen LogP contribution >= 0.6 is 34.8 Å².